The van der Waals surface area contributed by atoms with Crippen LogP contribution in [-0.2, 0) is 0 Å². The lowest BCUT2D eigenvalue weighted by molar-refractivity contribution is 1.48. The topological polar surface area (TPSA) is 0 Å². The summed E-state index contributed by atoms with van der Waals surface area (Å²) in [7, 11) is 0. The van der Waals surface area contributed by atoms with Gasteiger partial charge in [0.25, 0.3) is 0 Å². The molecule has 1 aromatic heterocycles. The predicted octanol–water partition coefficient (Wildman–Crippen LogP) is 4.69. The molecule has 0 amide bonds. The molecule has 0 radical (unpaired) electrons. The Morgan fingerprint density at radius 2 is 1.50 bits per heavy atom. The molecule has 0 spiro atoms. The quantitative estimate of drug-likeness (QED) is 0.586. The summed E-state index contributed by atoms with van der Waals surface area (Å²) < 4.78 is 0. The van der Waals surface area contributed by atoms with Crippen molar-refractivity contribution in [2.24, 2.45) is 0 Å². The minimum atomic E-state index is 0. The van der Waals surface area contributed by atoms with Crippen LogP contribution in [0.4, 0.5) is 0 Å². The normalized spacial score (nSPS) is 8.14. The van der Waals surface area contributed by atoms with Gasteiger partial charge in [-0.15, -0.1) is 0 Å². The molecule has 1 aromatic carbocycles. The van der Waals surface area contributed by atoms with Crippen LogP contribution < -0.4 is 0 Å². The molecule has 0 fully saturated rings. The van der Waals surface area contributed by atoms with E-state index in [1.807, 2.05) is 18.2 Å². The second kappa shape index (κ2) is 7.34. The fourth-order valence-corrected chi connectivity index (χ4v) is 1.53. The Labute approximate surface area is 91.2 Å². The van der Waals surface area contributed by atoms with Gasteiger partial charge in [-0.3, -0.25) is 0 Å². The summed E-state index contributed by atoms with van der Waals surface area (Å²) in [6.45, 7) is 4.18. The first-order chi connectivity index (χ1) is 6.29. The van der Waals surface area contributed by atoms with E-state index in [0.717, 1.165) is 0 Å². The SMILES string of the molecule is C.Cc1ccccc1.Cc1ccsc1. The van der Waals surface area contributed by atoms with Crippen LogP contribution >= 0.6 is 11.3 Å². The number of aryl methyl sites for hydroxylation is 2. The molecule has 0 atom stereocenters. The minimum Gasteiger partial charge on any atom is -0.152 e. The lowest BCUT2D eigenvalue weighted by atomic mass is 10.2. The molecule has 0 saturated heterocycles. The molecule has 0 saturated carbocycles. The first-order valence-corrected chi connectivity index (χ1v) is 5.24. The Morgan fingerprint density at radius 1 is 0.857 bits per heavy atom. The smallest absolute Gasteiger partial charge is 0.00641 e. The standard InChI is InChI=1S/C7H8.C5H6S.CH4/c1-7-5-3-2-4-6-7;1-5-2-3-6-4-5;/h2-6H,1H3;2-4H,1H3;1H4. The van der Waals surface area contributed by atoms with Gasteiger partial charge in [0.2, 0.25) is 0 Å². The molecule has 2 rings (SSSR count). The summed E-state index contributed by atoms with van der Waals surface area (Å²) in [6, 6.07) is 12.4. The number of benzene rings is 1. The summed E-state index contributed by atoms with van der Waals surface area (Å²) >= 11 is 1.74. The molecule has 1 heteroatoms. The molecule has 76 valence electrons. The van der Waals surface area contributed by atoms with E-state index in [4.69, 9.17) is 0 Å². The highest BCUT2D eigenvalue weighted by atomic mass is 32.1. The van der Waals surface area contributed by atoms with Crippen molar-refractivity contribution in [1.82, 2.24) is 0 Å². The van der Waals surface area contributed by atoms with Crippen LogP contribution in [0.15, 0.2) is 47.2 Å². The van der Waals surface area contributed by atoms with Crippen molar-refractivity contribution in [2.45, 2.75) is 21.3 Å². The average molecular weight is 206 g/mol. The number of hydrogen-bond acceptors (Lipinski definition) is 1. The van der Waals surface area contributed by atoms with Crippen molar-refractivity contribution in [3.63, 3.8) is 0 Å². The van der Waals surface area contributed by atoms with Crippen LogP contribution in [0.2, 0.25) is 0 Å². The van der Waals surface area contributed by atoms with Gasteiger partial charge in [0.1, 0.15) is 0 Å². The number of thiophene rings is 1. The van der Waals surface area contributed by atoms with Gasteiger partial charge in [-0.05, 0) is 36.2 Å². The lowest BCUT2D eigenvalue weighted by Gasteiger charge is -1.82. The van der Waals surface area contributed by atoms with Gasteiger partial charge < -0.3 is 0 Å². The molecule has 0 unspecified atom stereocenters. The summed E-state index contributed by atoms with van der Waals surface area (Å²) in [5.74, 6) is 0. The van der Waals surface area contributed by atoms with Gasteiger partial charge in [-0.25, -0.2) is 0 Å². The van der Waals surface area contributed by atoms with Gasteiger partial charge in [-0.2, -0.15) is 11.3 Å². The van der Waals surface area contributed by atoms with Crippen molar-refractivity contribution in [3.8, 4) is 0 Å². The van der Waals surface area contributed by atoms with Crippen LogP contribution in [0.25, 0.3) is 0 Å². The monoisotopic (exact) mass is 206 g/mol. The highest BCUT2D eigenvalue weighted by molar-refractivity contribution is 7.07. The Balaban J connectivity index is 0.000000227. The first kappa shape index (κ1) is 12.9. The Kier molecular flexibility index (Phi) is 6.77. The van der Waals surface area contributed by atoms with E-state index in [2.05, 4.69) is 42.8 Å². The fourth-order valence-electron chi connectivity index (χ4n) is 0.867. The van der Waals surface area contributed by atoms with E-state index in [1.165, 1.54) is 11.1 Å². The van der Waals surface area contributed by atoms with Crippen molar-refractivity contribution >= 4 is 11.3 Å². The summed E-state index contributed by atoms with van der Waals surface area (Å²) in [4.78, 5) is 0. The molecule has 14 heavy (non-hydrogen) atoms. The summed E-state index contributed by atoms with van der Waals surface area (Å²) in [5.41, 5.74) is 2.68. The van der Waals surface area contributed by atoms with Gasteiger partial charge in [-0.1, -0.05) is 43.3 Å². The van der Waals surface area contributed by atoms with E-state index in [-0.39, 0.29) is 7.43 Å². The maximum atomic E-state index is 2.12. The molecule has 0 bridgehead atoms. The maximum Gasteiger partial charge on any atom is -0.00641 e. The highest BCUT2D eigenvalue weighted by Gasteiger charge is 1.74. The Morgan fingerprint density at radius 3 is 1.71 bits per heavy atom. The Bertz CT molecular complexity index is 308. The third-order valence-electron chi connectivity index (χ3n) is 1.60. The van der Waals surface area contributed by atoms with E-state index in [9.17, 15) is 0 Å². The zero-order chi connectivity index (χ0) is 9.52. The van der Waals surface area contributed by atoms with E-state index in [0.29, 0.717) is 0 Å². The zero-order valence-corrected chi connectivity index (χ0v) is 8.84. The molecule has 0 aliphatic rings. The summed E-state index contributed by atoms with van der Waals surface area (Å²) in [5, 5.41) is 4.20. The van der Waals surface area contributed by atoms with Crippen LogP contribution in [-0.4, -0.2) is 0 Å². The molecule has 0 N–H and O–H groups in total. The molecule has 2 aromatic rings. The van der Waals surface area contributed by atoms with Gasteiger partial charge >= 0.3 is 0 Å². The number of hydrogen-bond donors (Lipinski definition) is 0. The molecule has 0 aliphatic heterocycles. The number of rotatable bonds is 0. The van der Waals surface area contributed by atoms with Crippen molar-refractivity contribution in [3.05, 3.63) is 58.3 Å². The zero-order valence-electron chi connectivity index (χ0n) is 8.03. The lowest BCUT2D eigenvalue weighted by Crippen LogP contribution is -1.62. The van der Waals surface area contributed by atoms with E-state index in [1.54, 1.807) is 11.3 Å². The fraction of sp³-hybridized carbons (Fsp3) is 0.231. The van der Waals surface area contributed by atoms with Crippen molar-refractivity contribution in [2.75, 3.05) is 0 Å². The van der Waals surface area contributed by atoms with Crippen LogP contribution in [0.1, 0.15) is 18.6 Å². The van der Waals surface area contributed by atoms with Crippen molar-refractivity contribution < 1.29 is 0 Å². The van der Waals surface area contributed by atoms with Crippen LogP contribution in [0.5, 0.6) is 0 Å². The highest BCUT2D eigenvalue weighted by Crippen LogP contribution is 2.01. The molecule has 1 heterocycles. The second-order valence-electron chi connectivity index (χ2n) is 2.96. The van der Waals surface area contributed by atoms with Crippen LogP contribution in [0.3, 0.4) is 0 Å². The van der Waals surface area contributed by atoms with E-state index < -0.39 is 0 Å². The van der Waals surface area contributed by atoms with Gasteiger partial charge in [0.05, 0.1) is 0 Å². The van der Waals surface area contributed by atoms with Crippen LogP contribution in [0, 0.1) is 13.8 Å². The average Bonchev–Trinajstić information content (AvgIpc) is 2.58. The van der Waals surface area contributed by atoms with E-state index >= 15 is 0 Å². The second-order valence-corrected chi connectivity index (χ2v) is 3.74. The minimum absolute atomic E-state index is 0. The third kappa shape index (κ3) is 5.55. The molecular formula is C13H18S. The summed E-state index contributed by atoms with van der Waals surface area (Å²) in [6.07, 6.45) is 0. The predicted molar refractivity (Wildman–Crippen MR) is 67.0 cm³/mol. The maximum absolute atomic E-state index is 2.12. The molecular weight excluding hydrogens is 188 g/mol. The van der Waals surface area contributed by atoms with Gasteiger partial charge in [0.15, 0.2) is 0 Å². The largest absolute Gasteiger partial charge is 0.152 e. The molecule has 0 aliphatic carbocycles. The third-order valence-corrected chi connectivity index (χ3v) is 2.40. The van der Waals surface area contributed by atoms with Gasteiger partial charge in [0, 0.05) is 0 Å². The van der Waals surface area contributed by atoms with Crippen molar-refractivity contribution in [1.29, 1.82) is 0 Å². The molecule has 0 nitrogen and oxygen atoms in total. The Hall–Kier alpha value is -1.08. The first-order valence-electron chi connectivity index (χ1n) is 4.29.